The van der Waals surface area contributed by atoms with Gasteiger partial charge in [0.05, 0.1) is 27.8 Å². The molecule has 0 atom stereocenters. The Balaban J connectivity index is 1.02. The van der Waals surface area contributed by atoms with Crippen molar-refractivity contribution in [1.82, 2.24) is 10.2 Å². The summed E-state index contributed by atoms with van der Waals surface area (Å²) >= 11 is 3.19. The summed E-state index contributed by atoms with van der Waals surface area (Å²) in [6.45, 7) is 6.38. The maximum absolute atomic E-state index is 4.46. The maximum Gasteiger partial charge on any atom is 0.224 e. The molecule has 0 radical (unpaired) electrons. The molecular weight excluding hydrogens is 551 g/mol. The SMILES string of the molecule is Cc1cc(/N=N/c2ccc(N3CCCC3)s2)ccc1NNc1ccc(NNc2nnc(-c3ccccc3)s2)c(C)c1. The fourth-order valence-electron chi connectivity index (χ4n) is 4.55. The van der Waals surface area contributed by atoms with E-state index in [0.29, 0.717) is 5.13 Å². The lowest BCUT2D eigenvalue weighted by atomic mass is 10.2. The third-order valence-corrected chi connectivity index (χ3v) is 8.71. The standard InChI is InChI=1S/C30H31N9S2/c1-20-19-24(32-35-27-14-15-28(40-27)39-16-6-7-17-39)11-12-25(20)33-31-23-10-13-26(21(2)18-23)34-37-30-38-36-29(41-30)22-8-4-3-5-9-22/h3-5,8-15,18-19,31,33-34H,6-7,16-17H2,1-2H3,(H,37,38)/b35-32+. The van der Waals surface area contributed by atoms with Crippen molar-refractivity contribution in [2.75, 3.05) is 39.7 Å². The van der Waals surface area contributed by atoms with Gasteiger partial charge in [0.25, 0.3) is 0 Å². The van der Waals surface area contributed by atoms with Gasteiger partial charge in [-0.3, -0.25) is 10.9 Å². The number of hydrogen-bond acceptors (Lipinski definition) is 11. The normalized spacial score (nSPS) is 13.1. The molecule has 1 aliphatic heterocycles. The lowest BCUT2D eigenvalue weighted by molar-refractivity contribution is 0.949. The Morgan fingerprint density at radius 3 is 2.24 bits per heavy atom. The van der Waals surface area contributed by atoms with Gasteiger partial charge >= 0.3 is 0 Å². The highest BCUT2D eigenvalue weighted by atomic mass is 32.1. The minimum Gasteiger partial charge on any atom is -0.363 e. The van der Waals surface area contributed by atoms with Crippen molar-refractivity contribution >= 4 is 60.6 Å². The second-order valence-electron chi connectivity index (χ2n) is 9.81. The molecule has 0 bridgehead atoms. The minimum absolute atomic E-state index is 0.702. The molecular formula is C30H31N9S2. The first-order chi connectivity index (χ1) is 20.1. The summed E-state index contributed by atoms with van der Waals surface area (Å²) in [6.07, 6.45) is 2.54. The van der Waals surface area contributed by atoms with Gasteiger partial charge in [0.15, 0.2) is 0 Å². The predicted molar refractivity (Wildman–Crippen MR) is 172 cm³/mol. The summed E-state index contributed by atoms with van der Waals surface area (Å²) in [5, 5.41) is 21.2. The topological polar surface area (TPSA) is 102 Å². The predicted octanol–water partition coefficient (Wildman–Crippen LogP) is 8.78. The number of aromatic nitrogens is 2. The summed E-state index contributed by atoms with van der Waals surface area (Å²) in [7, 11) is 0. The molecule has 1 aliphatic rings. The van der Waals surface area contributed by atoms with Crippen LogP contribution in [-0.2, 0) is 0 Å². The van der Waals surface area contributed by atoms with Crippen molar-refractivity contribution in [2.24, 2.45) is 10.2 Å². The monoisotopic (exact) mass is 581 g/mol. The second-order valence-corrected chi connectivity index (χ2v) is 11.8. The van der Waals surface area contributed by atoms with Gasteiger partial charge in [-0.2, -0.15) is 0 Å². The fraction of sp³-hybridized carbons (Fsp3) is 0.200. The Morgan fingerprint density at radius 2 is 1.46 bits per heavy atom. The van der Waals surface area contributed by atoms with E-state index in [1.165, 1.54) is 29.2 Å². The Labute approximate surface area is 247 Å². The minimum atomic E-state index is 0.702. The van der Waals surface area contributed by atoms with Crippen LogP contribution in [0.15, 0.2) is 89.1 Å². The number of nitrogens with one attached hydrogen (secondary N) is 4. The zero-order chi connectivity index (χ0) is 28.0. The van der Waals surface area contributed by atoms with E-state index in [0.717, 1.165) is 62.5 Å². The van der Waals surface area contributed by atoms with Crippen LogP contribution in [0.5, 0.6) is 0 Å². The van der Waals surface area contributed by atoms with Gasteiger partial charge in [0, 0.05) is 18.7 Å². The molecule has 0 aliphatic carbocycles. The van der Waals surface area contributed by atoms with E-state index in [2.05, 4.69) is 73.0 Å². The molecule has 3 heterocycles. The molecule has 0 unspecified atom stereocenters. The quantitative estimate of drug-likeness (QED) is 0.0966. The maximum atomic E-state index is 4.46. The van der Waals surface area contributed by atoms with Crippen molar-refractivity contribution in [3.05, 3.63) is 90.0 Å². The summed E-state index contributed by atoms with van der Waals surface area (Å²) in [5.41, 5.74) is 19.9. The number of benzene rings is 3. The molecule has 2 aromatic heterocycles. The highest BCUT2D eigenvalue weighted by Crippen LogP contribution is 2.35. The van der Waals surface area contributed by atoms with E-state index in [1.807, 2.05) is 66.7 Å². The van der Waals surface area contributed by atoms with Gasteiger partial charge in [0.2, 0.25) is 5.13 Å². The van der Waals surface area contributed by atoms with Crippen LogP contribution in [0, 0.1) is 13.8 Å². The van der Waals surface area contributed by atoms with Gasteiger partial charge in [-0.1, -0.05) is 53.0 Å². The molecule has 5 aromatic rings. The highest BCUT2D eigenvalue weighted by molar-refractivity contribution is 7.19. The smallest absolute Gasteiger partial charge is 0.224 e. The summed E-state index contributed by atoms with van der Waals surface area (Å²) in [6, 6.07) is 26.3. The van der Waals surface area contributed by atoms with Gasteiger partial charge in [0.1, 0.15) is 10.0 Å². The first-order valence-corrected chi connectivity index (χ1v) is 15.1. The van der Waals surface area contributed by atoms with Crippen molar-refractivity contribution in [1.29, 1.82) is 0 Å². The lowest BCUT2D eigenvalue weighted by Crippen LogP contribution is -2.15. The van der Waals surface area contributed by atoms with Crippen LogP contribution in [0.4, 0.5) is 37.9 Å². The largest absolute Gasteiger partial charge is 0.363 e. The lowest BCUT2D eigenvalue weighted by Gasteiger charge is -2.15. The summed E-state index contributed by atoms with van der Waals surface area (Å²) in [5.74, 6) is 0. The molecule has 0 saturated carbocycles. The van der Waals surface area contributed by atoms with E-state index in [4.69, 9.17) is 0 Å². The Kier molecular flexibility index (Phi) is 8.06. The van der Waals surface area contributed by atoms with Crippen LogP contribution in [0.3, 0.4) is 0 Å². The Hall–Kier alpha value is -4.48. The van der Waals surface area contributed by atoms with E-state index < -0.39 is 0 Å². The number of anilines is 5. The molecule has 4 N–H and O–H groups in total. The number of hydrazine groups is 2. The number of nitrogens with zero attached hydrogens (tertiary/aromatic N) is 5. The first kappa shape index (κ1) is 26.7. The van der Waals surface area contributed by atoms with Crippen LogP contribution in [0.2, 0.25) is 0 Å². The zero-order valence-electron chi connectivity index (χ0n) is 22.9. The summed E-state index contributed by atoms with van der Waals surface area (Å²) in [4.78, 5) is 2.42. The van der Waals surface area contributed by atoms with Gasteiger partial charge < -0.3 is 15.8 Å². The number of hydrogen-bond donors (Lipinski definition) is 4. The van der Waals surface area contributed by atoms with Crippen LogP contribution in [-0.4, -0.2) is 23.3 Å². The molecule has 9 nitrogen and oxygen atoms in total. The van der Waals surface area contributed by atoms with Crippen molar-refractivity contribution < 1.29 is 0 Å². The van der Waals surface area contributed by atoms with Crippen molar-refractivity contribution in [2.45, 2.75) is 26.7 Å². The number of aryl methyl sites for hydroxylation is 2. The molecule has 1 fully saturated rings. The van der Waals surface area contributed by atoms with E-state index >= 15 is 0 Å². The third-order valence-electron chi connectivity index (χ3n) is 6.79. The highest BCUT2D eigenvalue weighted by Gasteiger charge is 2.14. The average Bonchev–Trinajstić information content (AvgIpc) is 3.78. The first-order valence-electron chi connectivity index (χ1n) is 13.5. The van der Waals surface area contributed by atoms with Gasteiger partial charge in [-0.05, 0) is 86.3 Å². The van der Waals surface area contributed by atoms with Gasteiger partial charge in [-0.15, -0.1) is 20.4 Å². The van der Waals surface area contributed by atoms with E-state index in [-0.39, 0.29) is 0 Å². The zero-order valence-corrected chi connectivity index (χ0v) is 24.5. The molecule has 6 rings (SSSR count). The van der Waals surface area contributed by atoms with Crippen molar-refractivity contribution in [3.8, 4) is 10.6 Å². The number of rotatable bonds is 10. The number of azo groups is 1. The van der Waals surface area contributed by atoms with Crippen LogP contribution in [0.25, 0.3) is 10.6 Å². The molecule has 0 spiro atoms. The Morgan fingerprint density at radius 1 is 0.707 bits per heavy atom. The van der Waals surface area contributed by atoms with Crippen LogP contribution >= 0.6 is 22.7 Å². The van der Waals surface area contributed by atoms with E-state index in [9.17, 15) is 0 Å². The molecule has 1 saturated heterocycles. The van der Waals surface area contributed by atoms with E-state index in [1.54, 1.807) is 11.3 Å². The number of thiophene rings is 1. The van der Waals surface area contributed by atoms with Crippen LogP contribution in [0.1, 0.15) is 24.0 Å². The molecule has 11 heteroatoms. The van der Waals surface area contributed by atoms with Gasteiger partial charge in [-0.25, -0.2) is 0 Å². The second kappa shape index (κ2) is 12.4. The molecule has 208 valence electrons. The van der Waals surface area contributed by atoms with Crippen LogP contribution < -0.4 is 26.6 Å². The van der Waals surface area contributed by atoms with Crippen molar-refractivity contribution in [3.63, 3.8) is 0 Å². The molecule has 0 amide bonds. The Bertz CT molecular complexity index is 1640. The average molecular weight is 582 g/mol. The third kappa shape index (κ3) is 6.64. The molecule has 3 aromatic carbocycles. The summed E-state index contributed by atoms with van der Waals surface area (Å²) < 4.78 is 0. The molecule has 41 heavy (non-hydrogen) atoms. The fourth-order valence-corrected chi connectivity index (χ4v) is 6.13.